The number of rotatable bonds is 5. The Bertz CT molecular complexity index is 757. The fourth-order valence-electron chi connectivity index (χ4n) is 2.18. The first-order valence-electron chi connectivity index (χ1n) is 6.54. The fourth-order valence-corrected chi connectivity index (χ4v) is 3.26. The Labute approximate surface area is 124 Å². The van der Waals surface area contributed by atoms with E-state index in [1.807, 2.05) is 24.3 Å². The van der Waals surface area contributed by atoms with Crippen LogP contribution in [0.3, 0.4) is 0 Å². The molecule has 0 aliphatic heterocycles. The number of fused-ring (bicyclic) bond motifs is 1. The third-order valence-corrected chi connectivity index (χ3v) is 3.93. The zero-order valence-corrected chi connectivity index (χ0v) is 13.2. The zero-order chi connectivity index (χ0) is 15.7. The number of aromatic nitrogens is 1. The van der Waals surface area contributed by atoms with E-state index >= 15 is 0 Å². The summed E-state index contributed by atoms with van der Waals surface area (Å²) in [6, 6.07) is 7.46. The Morgan fingerprint density at radius 3 is 2.67 bits per heavy atom. The summed E-state index contributed by atoms with van der Waals surface area (Å²) in [5.74, 6) is 0. The highest BCUT2D eigenvalue weighted by Gasteiger charge is 2.22. The van der Waals surface area contributed by atoms with Gasteiger partial charge in [-0.25, -0.2) is 13.1 Å². The van der Waals surface area contributed by atoms with Crippen molar-refractivity contribution in [1.29, 1.82) is 0 Å². The molecule has 2 rings (SSSR count). The lowest BCUT2D eigenvalue weighted by Crippen LogP contribution is -2.47. The highest BCUT2D eigenvalue weighted by atomic mass is 32.2. The van der Waals surface area contributed by atoms with Crippen LogP contribution in [0.1, 0.15) is 13.8 Å². The fraction of sp³-hybridized carbons (Fsp3) is 0.357. The van der Waals surface area contributed by atoms with E-state index in [0.29, 0.717) is 12.2 Å². The van der Waals surface area contributed by atoms with Gasteiger partial charge in [0.25, 0.3) is 0 Å². The molecule has 0 radical (unpaired) electrons. The van der Waals surface area contributed by atoms with E-state index < -0.39 is 15.6 Å². The van der Waals surface area contributed by atoms with Crippen LogP contribution in [0, 0.1) is 0 Å². The SMILES string of the molecule is CC(C)(CNc1ccc2ncccc2c1N)NS(C)(=O)=O. The van der Waals surface area contributed by atoms with Crippen LogP contribution in [0.25, 0.3) is 10.9 Å². The lowest BCUT2D eigenvalue weighted by molar-refractivity contribution is 0.476. The van der Waals surface area contributed by atoms with E-state index in [9.17, 15) is 8.42 Å². The summed E-state index contributed by atoms with van der Waals surface area (Å²) in [5, 5.41) is 4.06. The maximum absolute atomic E-state index is 11.3. The van der Waals surface area contributed by atoms with Crippen LogP contribution >= 0.6 is 0 Å². The number of pyridine rings is 1. The highest BCUT2D eigenvalue weighted by molar-refractivity contribution is 7.88. The minimum Gasteiger partial charge on any atom is -0.397 e. The molecule has 7 heteroatoms. The van der Waals surface area contributed by atoms with Crippen molar-refractivity contribution in [2.45, 2.75) is 19.4 Å². The number of sulfonamides is 1. The molecular formula is C14H20N4O2S. The second kappa shape index (κ2) is 5.50. The molecule has 2 aromatic rings. The van der Waals surface area contributed by atoms with Crippen LogP contribution < -0.4 is 15.8 Å². The number of nitrogens with zero attached hydrogens (tertiary/aromatic N) is 1. The molecular weight excluding hydrogens is 288 g/mol. The van der Waals surface area contributed by atoms with Crippen LogP contribution in [0.4, 0.5) is 11.4 Å². The monoisotopic (exact) mass is 308 g/mol. The molecule has 1 aromatic carbocycles. The Kier molecular flexibility index (Phi) is 4.06. The Morgan fingerprint density at radius 2 is 2.00 bits per heavy atom. The van der Waals surface area contributed by atoms with E-state index in [2.05, 4.69) is 15.0 Å². The summed E-state index contributed by atoms with van der Waals surface area (Å²) < 4.78 is 25.2. The number of nitrogens with one attached hydrogen (secondary N) is 2. The molecule has 1 aromatic heterocycles. The van der Waals surface area contributed by atoms with Gasteiger partial charge in [-0.15, -0.1) is 0 Å². The van der Waals surface area contributed by atoms with Crippen molar-refractivity contribution < 1.29 is 8.42 Å². The van der Waals surface area contributed by atoms with Gasteiger partial charge in [0, 0.05) is 23.7 Å². The quantitative estimate of drug-likeness (QED) is 0.728. The van der Waals surface area contributed by atoms with E-state index in [4.69, 9.17) is 5.73 Å². The molecule has 0 spiro atoms. The van der Waals surface area contributed by atoms with Crippen molar-refractivity contribution in [3.63, 3.8) is 0 Å². The van der Waals surface area contributed by atoms with E-state index in [-0.39, 0.29) is 0 Å². The molecule has 0 unspecified atom stereocenters. The van der Waals surface area contributed by atoms with Gasteiger partial charge in [0.05, 0.1) is 23.1 Å². The maximum Gasteiger partial charge on any atom is 0.209 e. The molecule has 114 valence electrons. The molecule has 0 aliphatic rings. The predicted octanol–water partition coefficient (Wildman–Crippen LogP) is 1.56. The average molecular weight is 308 g/mol. The first kappa shape index (κ1) is 15.5. The van der Waals surface area contributed by atoms with Crippen molar-refractivity contribution in [3.8, 4) is 0 Å². The van der Waals surface area contributed by atoms with Crippen LogP contribution in [-0.4, -0.2) is 31.7 Å². The second-order valence-electron chi connectivity index (χ2n) is 5.71. The number of hydrogen-bond acceptors (Lipinski definition) is 5. The van der Waals surface area contributed by atoms with Gasteiger partial charge >= 0.3 is 0 Å². The molecule has 0 saturated heterocycles. The predicted molar refractivity (Wildman–Crippen MR) is 86.7 cm³/mol. The summed E-state index contributed by atoms with van der Waals surface area (Å²) in [4.78, 5) is 4.24. The van der Waals surface area contributed by atoms with Gasteiger partial charge in [-0.2, -0.15) is 0 Å². The third kappa shape index (κ3) is 4.05. The molecule has 0 amide bonds. The van der Waals surface area contributed by atoms with Crippen molar-refractivity contribution in [2.75, 3.05) is 23.9 Å². The molecule has 0 atom stereocenters. The van der Waals surface area contributed by atoms with Gasteiger partial charge in [-0.05, 0) is 38.1 Å². The molecule has 0 fully saturated rings. The Morgan fingerprint density at radius 1 is 1.29 bits per heavy atom. The number of hydrogen-bond donors (Lipinski definition) is 3. The van der Waals surface area contributed by atoms with Crippen molar-refractivity contribution in [3.05, 3.63) is 30.5 Å². The molecule has 0 bridgehead atoms. The molecule has 0 aliphatic carbocycles. The molecule has 6 nitrogen and oxygen atoms in total. The first-order chi connectivity index (χ1) is 9.68. The smallest absolute Gasteiger partial charge is 0.209 e. The van der Waals surface area contributed by atoms with Crippen LogP contribution in [-0.2, 0) is 10.0 Å². The van der Waals surface area contributed by atoms with Gasteiger partial charge in [-0.1, -0.05) is 0 Å². The first-order valence-corrected chi connectivity index (χ1v) is 8.43. The van der Waals surface area contributed by atoms with Gasteiger partial charge in [0.15, 0.2) is 0 Å². The standard InChI is InChI=1S/C14H20N4O2S/c1-14(2,18-21(3,19)20)9-17-12-7-6-11-10(13(12)15)5-4-8-16-11/h4-8,17-18H,9,15H2,1-3H3. The van der Waals surface area contributed by atoms with Crippen LogP contribution in [0.15, 0.2) is 30.5 Å². The topological polar surface area (TPSA) is 97.1 Å². The Hall–Kier alpha value is -1.86. The zero-order valence-electron chi connectivity index (χ0n) is 12.3. The minimum atomic E-state index is -3.26. The number of benzene rings is 1. The number of nitrogens with two attached hydrogens (primary N) is 1. The van der Waals surface area contributed by atoms with E-state index in [0.717, 1.165) is 22.8 Å². The minimum absolute atomic E-state index is 0.413. The number of nitrogen functional groups attached to an aromatic ring is 1. The summed E-state index contributed by atoms with van der Waals surface area (Å²) in [6.07, 6.45) is 2.86. The van der Waals surface area contributed by atoms with Crippen LogP contribution in [0.2, 0.25) is 0 Å². The highest BCUT2D eigenvalue weighted by Crippen LogP contribution is 2.27. The lowest BCUT2D eigenvalue weighted by atomic mass is 10.1. The summed E-state index contributed by atoms with van der Waals surface area (Å²) in [7, 11) is -3.26. The molecule has 4 N–H and O–H groups in total. The largest absolute Gasteiger partial charge is 0.397 e. The average Bonchev–Trinajstić information content (AvgIpc) is 2.35. The Balaban J connectivity index is 2.19. The molecule has 0 saturated carbocycles. The maximum atomic E-state index is 11.3. The molecule has 1 heterocycles. The van der Waals surface area contributed by atoms with Gasteiger partial charge in [0.1, 0.15) is 0 Å². The van der Waals surface area contributed by atoms with Crippen molar-refractivity contribution >= 4 is 32.3 Å². The summed E-state index contributed by atoms with van der Waals surface area (Å²) >= 11 is 0. The summed E-state index contributed by atoms with van der Waals surface area (Å²) in [6.45, 7) is 4.02. The van der Waals surface area contributed by atoms with Gasteiger partial charge < -0.3 is 11.1 Å². The van der Waals surface area contributed by atoms with Crippen molar-refractivity contribution in [2.24, 2.45) is 0 Å². The third-order valence-electron chi connectivity index (χ3n) is 3.01. The normalized spacial score (nSPS) is 12.5. The van der Waals surface area contributed by atoms with Crippen molar-refractivity contribution in [1.82, 2.24) is 9.71 Å². The van der Waals surface area contributed by atoms with E-state index in [1.165, 1.54) is 0 Å². The van der Waals surface area contributed by atoms with Gasteiger partial charge in [0.2, 0.25) is 10.0 Å². The van der Waals surface area contributed by atoms with Crippen LogP contribution in [0.5, 0.6) is 0 Å². The van der Waals surface area contributed by atoms with Gasteiger partial charge in [-0.3, -0.25) is 4.98 Å². The lowest BCUT2D eigenvalue weighted by Gasteiger charge is -2.26. The van der Waals surface area contributed by atoms with E-state index in [1.54, 1.807) is 20.0 Å². The second-order valence-corrected chi connectivity index (χ2v) is 7.46. The molecule has 21 heavy (non-hydrogen) atoms. The summed E-state index contributed by atoms with van der Waals surface area (Å²) in [5.41, 5.74) is 7.71. The number of anilines is 2.